The maximum Gasteiger partial charge on any atom is 0.203 e. The van der Waals surface area contributed by atoms with Gasteiger partial charge >= 0.3 is 0 Å². The summed E-state index contributed by atoms with van der Waals surface area (Å²) in [6.07, 6.45) is 5.52. The molecular formula is C20H21Cl2IN2O2. The van der Waals surface area contributed by atoms with Crippen LogP contribution in [0.1, 0.15) is 34.6 Å². The number of nitrogens with zero attached hydrogens (tertiary/aromatic N) is 2. The maximum atomic E-state index is 13.2. The number of ketones is 2. The Kier molecular flexibility index (Phi) is 6.39. The third-order valence-corrected chi connectivity index (χ3v) is 5.91. The van der Waals surface area contributed by atoms with Crippen molar-refractivity contribution < 1.29 is 9.59 Å². The van der Waals surface area contributed by atoms with Crippen LogP contribution in [0.4, 0.5) is 0 Å². The van der Waals surface area contributed by atoms with Gasteiger partial charge in [0.15, 0.2) is 0 Å². The molecule has 0 aliphatic heterocycles. The zero-order valence-corrected chi connectivity index (χ0v) is 19.7. The monoisotopic (exact) mass is 518 g/mol. The fraction of sp³-hybridized carbons (Fsp3) is 0.400. The van der Waals surface area contributed by atoms with Crippen LogP contribution >= 0.6 is 46.1 Å². The molecule has 0 saturated carbocycles. The van der Waals surface area contributed by atoms with Crippen molar-refractivity contribution in [3.05, 3.63) is 45.0 Å². The van der Waals surface area contributed by atoms with Gasteiger partial charge in [0.2, 0.25) is 11.6 Å². The molecule has 27 heavy (non-hydrogen) atoms. The van der Waals surface area contributed by atoms with Gasteiger partial charge < -0.3 is 0 Å². The maximum absolute atomic E-state index is 13.2. The number of halogens is 3. The van der Waals surface area contributed by atoms with Gasteiger partial charge in [-0.25, -0.2) is 3.21 Å². The number of allylic oxidation sites excluding steroid dienone is 8. The molecule has 0 saturated heterocycles. The van der Waals surface area contributed by atoms with Crippen molar-refractivity contribution in [2.24, 2.45) is 19.0 Å². The minimum atomic E-state index is -0.891. The Bertz CT molecular complexity index is 911. The molecule has 0 aromatic rings. The lowest BCUT2D eigenvalue weighted by molar-refractivity contribution is -0.117. The van der Waals surface area contributed by atoms with E-state index in [1.807, 2.05) is 75.7 Å². The summed E-state index contributed by atoms with van der Waals surface area (Å²) in [5.74, 6) is -0.824. The van der Waals surface area contributed by atoms with Crippen LogP contribution in [-0.2, 0) is 9.59 Å². The summed E-state index contributed by atoms with van der Waals surface area (Å²) < 4.78 is 4.27. The lowest BCUT2D eigenvalue weighted by atomic mass is 9.68. The van der Waals surface area contributed by atoms with E-state index in [1.165, 1.54) is 0 Å². The standard InChI is InChI=1S/C20H21Cl2IN2O2/c1-19(2,3)13-15(21)18(27)14(16(22)17(13)26)20(4,5)11-9-10(24-6)7-8-12(11)25-23/h7-9H,1-6H3. The lowest BCUT2D eigenvalue weighted by Crippen LogP contribution is -2.35. The molecule has 0 atom stereocenters. The first-order chi connectivity index (χ1) is 12.4. The molecule has 2 rings (SSSR count). The van der Waals surface area contributed by atoms with Crippen LogP contribution in [0.2, 0.25) is 0 Å². The molecule has 0 unspecified atom stereocenters. The van der Waals surface area contributed by atoms with Crippen molar-refractivity contribution in [2.45, 2.75) is 34.6 Å². The fourth-order valence-corrected chi connectivity index (χ4v) is 4.55. The quantitative estimate of drug-likeness (QED) is 0.355. The highest BCUT2D eigenvalue weighted by Crippen LogP contribution is 2.47. The predicted octanol–water partition coefficient (Wildman–Crippen LogP) is 5.55. The summed E-state index contributed by atoms with van der Waals surface area (Å²) in [4.78, 5) is 30.3. The summed E-state index contributed by atoms with van der Waals surface area (Å²) in [7, 11) is 1.68. The summed E-state index contributed by atoms with van der Waals surface area (Å²) in [5, 5.41) is -0.151. The van der Waals surface area contributed by atoms with Gasteiger partial charge in [-0.05, 0) is 29.2 Å². The van der Waals surface area contributed by atoms with Crippen molar-refractivity contribution in [3.8, 4) is 0 Å². The second-order valence-corrected chi connectivity index (χ2v) is 9.16. The molecule has 0 radical (unpaired) electrons. The number of carbonyl (C=O) groups is 2. The van der Waals surface area contributed by atoms with E-state index in [-0.39, 0.29) is 21.2 Å². The molecule has 0 bridgehead atoms. The molecule has 0 N–H and O–H groups in total. The number of hydrogen-bond donors (Lipinski definition) is 0. The molecule has 0 spiro atoms. The van der Waals surface area contributed by atoms with E-state index in [9.17, 15) is 9.59 Å². The van der Waals surface area contributed by atoms with Crippen LogP contribution in [0.3, 0.4) is 0 Å². The Labute approximate surface area is 183 Å². The topological polar surface area (TPSA) is 58.9 Å². The van der Waals surface area contributed by atoms with E-state index >= 15 is 0 Å². The van der Waals surface area contributed by atoms with Crippen LogP contribution in [0.5, 0.6) is 0 Å². The molecule has 0 aromatic carbocycles. The molecule has 7 heteroatoms. The molecule has 4 nitrogen and oxygen atoms in total. The van der Waals surface area contributed by atoms with Crippen LogP contribution in [0.25, 0.3) is 0 Å². The van der Waals surface area contributed by atoms with E-state index in [1.54, 1.807) is 7.05 Å². The zero-order valence-electron chi connectivity index (χ0n) is 16.1. The molecule has 0 fully saturated rings. The predicted molar refractivity (Wildman–Crippen MR) is 121 cm³/mol. The molecule has 0 heterocycles. The largest absolute Gasteiger partial charge is 0.289 e. The third kappa shape index (κ3) is 3.91. The van der Waals surface area contributed by atoms with Crippen molar-refractivity contribution >= 4 is 69.1 Å². The molecular weight excluding hydrogens is 498 g/mol. The van der Waals surface area contributed by atoms with Gasteiger partial charge in [0.25, 0.3) is 0 Å². The van der Waals surface area contributed by atoms with E-state index in [2.05, 4.69) is 8.20 Å². The van der Waals surface area contributed by atoms with Gasteiger partial charge in [-0.15, -0.1) is 0 Å². The highest BCUT2D eigenvalue weighted by Gasteiger charge is 2.45. The van der Waals surface area contributed by atoms with Gasteiger partial charge in [-0.1, -0.05) is 57.8 Å². The van der Waals surface area contributed by atoms with Crippen LogP contribution in [0.15, 0.2) is 53.2 Å². The van der Waals surface area contributed by atoms with Gasteiger partial charge in [-0.3, -0.25) is 14.6 Å². The average Bonchev–Trinajstić information content (AvgIpc) is 2.58. The second-order valence-electron chi connectivity index (χ2n) is 7.92. The fourth-order valence-electron chi connectivity index (χ4n) is 3.25. The van der Waals surface area contributed by atoms with Crippen molar-refractivity contribution in [1.29, 1.82) is 0 Å². The van der Waals surface area contributed by atoms with E-state index in [0.717, 1.165) is 11.3 Å². The number of carbonyl (C=O) groups excluding carboxylic acids is 2. The first kappa shape index (κ1) is 22.2. The van der Waals surface area contributed by atoms with E-state index in [0.29, 0.717) is 5.71 Å². The Morgan fingerprint density at radius 3 is 1.93 bits per heavy atom. The summed E-state index contributed by atoms with van der Waals surface area (Å²) in [6.45, 7) is 9.16. The van der Waals surface area contributed by atoms with Crippen LogP contribution < -0.4 is 0 Å². The van der Waals surface area contributed by atoms with Gasteiger partial charge in [0.05, 0.1) is 44.4 Å². The Morgan fingerprint density at radius 2 is 1.44 bits per heavy atom. The van der Waals surface area contributed by atoms with Crippen LogP contribution in [0, 0.1) is 10.8 Å². The molecule has 0 aromatic heterocycles. The normalized spacial score (nSPS) is 22.3. The Hall–Kier alpha value is -1.05. The van der Waals surface area contributed by atoms with E-state index < -0.39 is 22.4 Å². The number of rotatable bonds is 2. The van der Waals surface area contributed by atoms with Crippen LogP contribution in [-0.4, -0.2) is 30.0 Å². The minimum absolute atomic E-state index is 0.0655. The lowest BCUT2D eigenvalue weighted by Gasteiger charge is -2.35. The summed E-state index contributed by atoms with van der Waals surface area (Å²) in [5.41, 5.74) is 1.12. The molecule has 0 amide bonds. The first-order valence-electron chi connectivity index (χ1n) is 8.34. The highest BCUT2D eigenvalue weighted by molar-refractivity contribution is 14.1. The van der Waals surface area contributed by atoms with Gasteiger partial charge in [0, 0.05) is 23.6 Å². The highest BCUT2D eigenvalue weighted by atomic mass is 127. The smallest absolute Gasteiger partial charge is 0.203 e. The third-order valence-electron chi connectivity index (χ3n) is 4.67. The minimum Gasteiger partial charge on any atom is -0.289 e. The Balaban J connectivity index is 2.70. The number of aliphatic imine (C=N–C) groups is 1. The van der Waals surface area contributed by atoms with E-state index in [4.69, 9.17) is 23.2 Å². The Morgan fingerprint density at radius 1 is 0.926 bits per heavy atom. The van der Waals surface area contributed by atoms with Crippen molar-refractivity contribution in [1.82, 2.24) is 0 Å². The second kappa shape index (κ2) is 7.76. The van der Waals surface area contributed by atoms with Gasteiger partial charge in [-0.2, -0.15) is 0 Å². The van der Waals surface area contributed by atoms with Crippen molar-refractivity contribution in [3.63, 3.8) is 0 Å². The molecule has 144 valence electrons. The molecule has 2 aliphatic rings. The molecule has 2 aliphatic carbocycles. The van der Waals surface area contributed by atoms with Crippen molar-refractivity contribution in [2.75, 3.05) is 7.05 Å². The number of Topliss-reactive ketones (excluding diaryl/α,β-unsaturated/α-hetero) is 2. The SMILES string of the molecule is CN=C1C=CC(=NI)C(C(C)(C)C2=C(Cl)C(=O)C(C(C)(C)C)=C(Cl)C2=O)=C1. The number of hydrogen-bond acceptors (Lipinski definition) is 4. The summed E-state index contributed by atoms with van der Waals surface area (Å²) in [6, 6.07) is 0. The zero-order chi connectivity index (χ0) is 20.7. The van der Waals surface area contributed by atoms with Gasteiger partial charge in [0.1, 0.15) is 0 Å². The first-order valence-corrected chi connectivity index (χ1v) is 10.1. The summed E-state index contributed by atoms with van der Waals surface area (Å²) >= 11 is 14.7. The average molecular weight is 519 g/mol.